The normalized spacial score (nSPS) is 22.6. The Morgan fingerprint density at radius 3 is 2.69 bits per heavy atom. The van der Waals surface area contributed by atoms with Gasteiger partial charge in [-0.05, 0) is 41.8 Å². The predicted octanol–water partition coefficient (Wildman–Crippen LogP) is 1.53. The number of ether oxygens (including phenoxy) is 1. The van der Waals surface area contributed by atoms with Crippen LogP contribution in [-0.2, 0) is 26.9 Å². The van der Waals surface area contributed by atoms with Gasteiger partial charge in [0, 0.05) is 18.2 Å². The van der Waals surface area contributed by atoms with E-state index in [1.165, 1.54) is 18.1 Å². The summed E-state index contributed by atoms with van der Waals surface area (Å²) in [5.41, 5.74) is 1.61. The second kappa shape index (κ2) is 8.78. The van der Waals surface area contributed by atoms with E-state index < -0.39 is 32.8 Å². The Kier molecular flexibility index (Phi) is 5.59. The van der Waals surface area contributed by atoms with Crippen LogP contribution in [0.1, 0.15) is 33.8 Å². The van der Waals surface area contributed by atoms with Gasteiger partial charge in [-0.3, -0.25) is 14.9 Å². The summed E-state index contributed by atoms with van der Waals surface area (Å²) in [5.74, 6) is -0.301. The van der Waals surface area contributed by atoms with Gasteiger partial charge in [0.15, 0.2) is 11.1 Å². The molecule has 39 heavy (non-hydrogen) atoms. The van der Waals surface area contributed by atoms with Crippen molar-refractivity contribution in [2.45, 2.75) is 23.8 Å². The Morgan fingerprint density at radius 1 is 1.21 bits per heavy atom. The highest BCUT2D eigenvalue weighted by Crippen LogP contribution is 2.35. The molecule has 2 atom stereocenters. The Hall–Kier alpha value is -4.49. The van der Waals surface area contributed by atoms with Crippen LogP contribution in [0.5, 0.6) is 5.75 Å². The molecule has 1 saturated heterocycles. The second-order valence-corrected chi connectivity index (χ2v) is 11.4. The Morgan fingerprint density at radius 2 is 2.03 bits per heavy atom. The fraction of sp³-hybridized carbons (Fsp3) is 0.231. The third-order valence-electron chi connectivity index (χ3n) is 7.14. The molecule has 0 bridgehead atoms. The number of carbonyl (C=O) groups excluding carboxylic acids is 3. The highest BCUT2D eigenvalue weighted by molar-refractivity contribution is 7.89. The first-order chi connectivity index (χ1) is 18.6. The maximum atomic E-state index is 13.2. The van der Waals surface area contributed by atoms with Gasteiger partial charge in [0.2, 0.25) is 10.0 Å². The second-order valence-electron chi connectivity index (χ2n) is 9.57. The van der Waals surface area contributed by atoms with Gasteiger partial charge in [0.25, 0.3) is 11.8 Å². The van der Waals surface area contributed by atoms with Crippen LogP contribution >= 0.6 is 0 Å². The number of carbonyl (C=O) groups is 3. The quantitative estimate of drug-likeness (QED) is 0.388. The third kappa shape index (κ3) is 4.15. The number of nitrogens with zero attached hydrogens (tertiary/aromatic N) is 2. The summed E-state index contributed by atoms with van der Waals surface area (Å²) in [6, 6.07) is 9.42. The van der Waals surface area contributed by atoms with Gasteiger partial charge >= 0.3 is 6.03 Å². The molecule has 12 nitrogen and oxygen atoms in total. The number of nitrogens with one attached hydrogen (secondary N) is 2. The van der Waals surface area contributed by atoms with E-state index in [1.807, 2.05) is 0 Å². The fourth-order valence-electron chi connectivity index (χ4n) is 5.06. The van der Waals surface area contributed by atoms with Crippen molar-refractivity contribution in [3.8, 4) is 5.75 Å². The SMILES string of the molecule is COc1ccc2c(c1)C(=O)N(CC1(c3cc4nc(C5=CCC(S(N)(=O)=O)C=C5)ccc4o3)NC(=O)NC1=O)C2. The van der Waals surface area contributed by atoms with Gasteiger partial charge < -0.3 is 19.4 Å². The van der Waals surface area contributed by atoms with E-state index in [-0.39, 0.29) is 31.2 Å². The van der Waals surface area contributed by atoms with Crippen molar-refractivity contribution in [2.75, 3.05) is 13.7 Å². The number of hydrogen-bond donors (Lipinski definition) is 3. The molecule has 4 heterocycles. The molecular weight excluding hydrogens is 526 g/mol. The van der Waals surface area contributed by atoms with Crippen molar-refractivity contribution >= 4 is 44.5 Å². The first-order valence-electron chi connectivity index (χ1n) is 12.0. The Balaban J connectivity index is 1.33. The number of hydrogen-bond acceptors (Lipinski definition) is 8. The summed E-state index contributed by atoms with van der Waals surface area (Å²) < 4.78 is 34.5. The summed E-state index contributed by atoms with van der Waals surface area (Å²) in [6.07, 6.45) is 5.12. The molecule has 4 N–H and O–H groups in total. The molecule has 200 valence electrons. The van der Waals surface area contributed by atoms with Crippen molar-refractivity contribution < 1.29 is 32.0 Å². The number of nitrogens with two attached hydrogens (primary N) is 1. The van der Waals surface area contributed by atoms with Crippen LogP contribution in [0.3, 0.4) is 0 Å². The van der Waals surface area contributed by atoms with Crippen molar-refractivity contribution in [1.82, 2.24) is 20.5 Å². The zero-order chi connectivity index (χ0) is 27.5. The highest BCUT2D eigenvalue weighted by Gasteiger charge is 2.53. The largest absolute Gasteiger partial charge is 0.497 e. The number of pyridine rings is 1. The molecule has 0 saturated carbocycles. The predicted molar refractivity (Wildman–Crippen MR) is 139 cm³/mol. The van der Waals surface area contributed by atoms with Crippen LogP contribution in [0.2, 0.25) is 0 Å². The Labute approximate surface area is 222 Å². The molecule has 6 rings (SSSR count). The lowest BCUT2D eigenvalue weighted by Crippen LogP contribution is -2.52. The van der Waals surface area contributed by atoms with Crippen LogP contribution < -0.4 is 20.5 Å². The minimum Gasteiger partial charge on any atom is -0.497 e. The molecule has 0 spiro atoms. The number of rotatable bonds is 6. The van der Waals surface area contributed by atoms with Crippen molar-refractivity contribution in [3.63, 3.8) is 0 Å². The van der Waals surface area contributed by atoms with Gasteiger partial charge in [-0.1, -0.05) is 24.3 Å². The number of primary sulfonamides is 1. The van der Waals surface area contributed by atoms with Crippen molar-refractivity contribution in [2.24, 2.45) is 5.14 Å². The molecule has 2 unspecified atom stereocenters. The number of aromatic nitrogens is 1. The molecule has 0 radical (unpaired) electrons. The van der Waals surface area contributed by atoms with Crippen molar-refractivity contribution in [3.05, 3.63) is 77.2 Å². The van der Waals surface area contributed by atoms with Crippen LogP contribution in [-0.4, -0.2) is 55.1 Å². The molecule has 2 aromatic heterocycles. The van der Waals surface area contributed by atoms with Gasteiger partial charge in [-0.2, -0.15) is 0 Å². The molecule has 2 aliphatic heterocycles. The standard InChI is InChI=1S/C26H23N5O7S/c1-37-16-5-2-15-12-31(23(32)18(15)10-16)13-26(24(33)29-25(34)30-26)22-11-20-21(38-22)9-8-19(28-20)14-3-6-17(7-4-14)39(27,35)36/h2-6,8-11,17H,7,12-13H2,1H3,(H2,27,35,36)(H2,29,30,33,34). The molecule has 3 aliphatic rings. The number of allylic oxidation sites excluding steroid dienone is 3. The van der Waals surface area contributed by atoms with E-state index in [2.05, 4.69) is 15.6 Å². The first kappa shape index (κ1) is 24.8. The van der Waals surface area contributed by atoms with Crippen LogP contribution in [0.15, 0.2) is 59.0 Å². The van der Waals surface area contributed by atoms with Crippen molar-refractivity contribution in [1.29, 1.82) is 0 Å². The number of urea groups is 1. The zero-order valence-corrected chi connectivity index (χ0v) is 21.4. The maximum Gasteiger partial charge on any atom is 0.322 e. The monoisotopic (exact) mass is 549 g/mol. The maximum absolute atomic E-state index is 13.2. The van der Waals surface area contributed by atoms with E-state index in [4.69, 9.17) is 14.3 Å². The summed E-state index contributed by atoms with van der Waals surface area (Å²) in [7, 11) is -2.19. The smallest absolute Gasteiger partial charge is 0.322 e. The minimum atomic E-state index is -3.70. The zero-order valence-electron chi connectivity index (χ0n) is 20.6. The van der Waals surface area contributed by atoms with E-state index in [0.717, 1.165) is 5.56 Å². The van der Waals surface area contributed by atoms with Crippen LogP contribution in [0, 0.1) is 0 Å². The summed E-state index contributed by atoms with van der Waals surface area (Å²) in [5, 5.41) is 9.35. The summed E-state index contributed by atoms with van der Waals surface area (Å²) in [6.45, 7) is 0.0710. The van der Waals surface area contributed by atoms with Crippen LogP contribution in [0.25, 0.3) is 16.7 Å². The average Bonchev–Trinajstić information content (AvgIpc) is 3.56. The van der Waals surface area contributed by atoms with Gasteiger partial charge in [0.1, 0.15) is 17.0 Å². The Bertz CT molecular complexity index is 1740. The van der Waals surface area contributed by atoms with Gasteiger partial charge in [-0.15, -0.1) is 0 Å². The molecule has 4 amide bonds. The molecular formula is C26H23N5O7S. The third-order valence-corrected chi connectivity index (χ3v) is 8.33. The lowest BCUT2D eigenvalue weighted by Gasteiger charge is -2.28. The molecule has 3 aromatic rings. The van der Waals surface area contributed by atoms with E-state index >= 15 is 0 Å². The molecule has 1 aliphatic carbocycles. The molecule has 1 fully saturated rings. The summed E-state index contributed by atoms with van der Waals surface area (Å²) in [4.78, 5) is 44.8. The number of furan rings is 1. The number of amides is 4. The van der Waals surface area contributed by atoms with E-state index in [0.29, 0.717) is 33.7 Å². The molecule has 13 heteroatoms. The van der Waals surface area contributed by atoms with E-state index in [9.17, 15) is 22.8 Å². The van der Waals surface area contributed by atoms with Crippen LogP contribution in [0.4, 0.5) is 4.79 Å². The fourth-order valence-corrected chi connectivity index (χ4v) is 5.73. The lowest BCUT2D eigenvalue weighted by atomic mass is 9.95. The van der Waals surface area contributed by atoms with Gasteiger partial charge in [0.05, 0.1) is 24.6 Å². The lowest BCUT2D eigenvalue weighted by molar-refractivity contribution is -0.125. The number of imide groups is 1. The average molecular weight is 550 g/mol. The number of fused-ring (bicyclic) bond motifs is 2. The molecule has 1 aromatic carbocycles. The summed E-state index contributed by atoms with van der Waals surface area (Å²) >= 11 is 0. The topological polar surface area (TPSA) is 174 Å². The number of benzene rings is 1. The minimum absolute atomic E-state index is 0.120. The van der Waals surface area contributed by atoms with Gasteiger partial charge in [-0.25, -0.2) is 23.3 Å². The number of methoxy groups -OCH3 is 1. The highest BCUT2D eigenvalue weighted by atomic mass is 32.2. The first-order valence-corrected chi connectivity index (χ1v) is 13.6. The number of sulfonamides is 1. The van der Waals surface area contributed by atoms with E-state index in [1.54, 1.807) is 48.6 Å².